The summed E-state index contributed by atoms with van der Waals surface area (Å²) in [6.45, 7) is 6.52. The van der Waals surface area contributed by atoms with Gasteiger partial charge in [0, 0.05) is 12.2 Å². The average molecular weight is 179 g/mol. The van der Waals surface area contributed by atoms with Crippen LogP contribution in [0.25, 0.3) is 0 Å². The molecule has 0 heterocycles. The minimum absolute atomic E-state index is 0.305. The Bertz CT molecular complexity index is 281. The van der Waals surface area contributed by atoms with Crippen LogP contribution < -0.4 is 5.32 Å². The molecule has 1 rings (SSSR count). The van der Waals surface area contributed by atoms with E-state index in [0.717, 1.165) is 5.69 Å². The van der Waals surface area contributed by atoms with Crippen molar-refractivity contribution < 1.29 is 5.11 Å². The van der Waals surface area contributed by atoms with E-state index in [1.165, 1.54) is 11.1 Å². The zero-order valence-corrected chi connectivity index (χ0v) is 8.46. The lowest BCUT2D eigenvalue weighted by atomic mass is 10.1. The van der Waals surface area contributed by atoms with Crippen molar-refractivity contribution in [3.8, 4) is 0 Å². The molecule has 0 aliphatic heterocycles. The van der Waals surface area contributed by atoms with Crippen LogP contribution in [0.2, 0.25) is 0 Å². The second-order valence-corrected chi connectivity index (χ2v) is 3.55. The van der Waals surface area contributed by atoms with E-state index in [-0.39, 0.29) is 6.10 Å². The fourth-order valence-electron chi connectivity index (χ4n) is 1.27. The van der Waals surface area contributed by atoms with Crippen molar-refractivity contribution in [2.75, 3.05) is 11.9 Å². The average Bonchev–Trinajstić information content (AvgIpc) is 2.02. The minimum atomic E-state index is -0.305. The summed E-state index contributed by atoms with van der Waals surface area (Å²) in [6, 6.07) is 6.24. The first-order chi connectivity index (χ1) is 6.09. The van der Waals surface area contributed by atoms with E-state index in [0.29, 0.717) is 6.54 Å². The van der Waals surface area contributed by atoms with E-state index in [1.807, 2.05) is 6.07 Å². The minimum Gasteiger partial charge on any atom is -0.392 e. The Morgan fingerprint density at radius 1 is 1.38 bits per heavy atom. The van der Waals surface area contributed by atoms with Gasteiger partial charge in [-0.05, 0) is 32.4 Å². The lowest BCUT2D eigenvalue weighted by Crippen LogP contribution is -2.15. The van der Waals surface area contributed by atoms with Crippen LogP contribution in [0.3, 0.4) is 0 Å². The third-order valence-corrected chi connectivity index (χ3v) is 1.97. The summed E-state index contributed by atoms with van der Waals surface area (Å²) < 4.78 is 0. The molecule has 1 aromatic rings. The predicted molar refractivity (Wildman–Crippen MR) is 56.1 cm³/mol. The number of hydrogen-bond donors (Lipinski definition) is 2. The molecule has 0 saturated carbocycles. The summed E-state index contributed by atoms with van der Waals surface area (Å²) in [7, 11) is 0. The highest BCUT2D eigenvalue weighted by atomic mass is 16.3. The Morgan fingerprint density at radius 3 is 2.62 bits per heavy atom. The van der Waals surface area contributed by atoms with Crippen molar-refractivity contribution in [3.63, 3.8) is 0 Å². The molecule has 72 valence electrons. The molecule has 0 amide bonds. The summed E-state index contributed by atoms with van der Waals surface area (Å²) in [6.07, 6.45) is -0.305. The van der Waals surface area contributed by atoms with Gasteiger partial charge in [-0.1, -0.05) is 17.7 Å². The van der Waals surface area contributed by atoms with Crippen LogP contribution in [-0.4, -0.2) is 17.8 Å². The number of aryl methyl sites for hydroxylation is 2. The lowest BCUT2D eigenvalue weighted by molar-refractivity contribution is 0.208. The summed E-state index contributed by atoms with van der Waals surface area (Å²) in [5, 5.41) is 12.3. The van der Waals surface area contributed by atoms with Gasteiger partial charge in [-0.15, -0.1) is 0 Å². The molecule has 0 fully saturated rings. The number of benzene rings is 1. The maximum absolute atomic E-state index is 9.10. The molecule has 2 nitrogen and oxygen atoms in total. The molecule has 0 spiro atoms. The van der Waals surface area contributed by atoms with Crippen molar-refractivity contribution in [1.82, 2.24) is 0 Å². The Morgan fingerprint density at radius 2 is 2.08 bits per heavy atom. The fraction of sp³-hybridized carbons (Fsp3) is 0.455. The van der Waals surface area contributed by atoms with E-state index in [4.69, 9.17) is 5.11 Å². The third-order valence-electron chi connectivity index (χ3n) is 1.97. The molecule has 0 aromatic heterocycles. The molecule has 1 atom stereocenters. The molecule has 0 bridgehead atoms. The van der Waals surface area contributed by atoms with Crippen molar-refractivity contribution in [2.45, 2.75) is 26.9 Å². The molecule has 0 saturated heterocycles. The zero-order chi connectivity index (χ0) is 9.84. The molecule has 2 heteroatoms. The SMILES string of the molecule is Cc1ccc(NCC(C)O)c(C)c1. The normalized spacial score (nSPS) is 12.6. The summed E-state index contributed by atoms with van der Waals surface area (Å²) in [4.78, 5) is 0. The lowest BCUT2D eigenvalue weighted by Gasteiger charge is -2.11. The van der Waals surface area contributed by atoms with Crippen LogP contribution in [-0.2, 0) is 0 Å². The number of nitrogens with one attached hydrogen (secondary N) is 1. The Labute approximate surface area is 79.6 Å². The molecule has 1 unspecified atom stereocenters. The molecular weight excluding hydrogens is 162 g/mol. The highest BCUT2D eigenvalue weighted by Crippen LogP contribution is 2.15. The van der Waals surface area contributed by atoms with Crippen molar-refractivity contribution in [3.05, 3.63) is 29.3 Å². The van der Waals surface area contributed by atoms with Gasteiger partial charge in [0.15, 0.2) is 0 Å². The van der Waals surface area contributed by atoms with Crippen LogP contribution in [0.4, 0.5) is 5.69 Å². The van der Waals surface area contributed by atoms with Gasteiger partial charge in [0.1, 0.15) is 0 Å². The number of aliphatic hydroxyl groups is 1. The molecular formula is C11H17NO. The van der Waals surface area contributed by atoms with Gasteiger partial charge in [0.05, 0.1) is 6.10 Å². The third kappa shape index (κ3) is 3.07. The van der Waals surface area contributed by atoms with Crippen LogP contribution in [0, 0.1) is 13.8 Å². The Balaban J connectivity index is 2.67. The standard InChI is InChI=1S/C11H17NO/c1-8-4-5-11(9(2)6-8)12-7-10(3)13/h4-6,10,12-13H,7H2,1-3H3. The van der Waals surface area contributed by atoms with Crippen LogP contribution in [0.15, 0.2) is 18.2 Å². The smallest absolute Gasteiger partial charge is 0.0684 e. The topological polar surface area (TPSA) is 32.3 Å². The van der Waals surface area contributed by atoms with Gasteiger partial charge >= 0.3 is 0 Å². The zero-order valence-electron chi connectivity index (χ0n) is 8.46. The number of aliphatic hydroxyl groups excluding tert-OH is 1. The summed E-state index contributed by atoms with van der Waals surface area (Å²) in [5.74, 6) is 0. The van der Waals surface area contributed by atoms with Crippen LogP contribution in [0.5, 0.6) is 0 Å². The van der Waals surface area contributed by atoms with Crippen LogP contribution in [0.1, 0.15) is 18.1 Å². The van der Waals surface area contributed by atoms with E-state index in [1.54, 1.807) is 6.92 Å². The second-order valence-electron chi connectivity index (χ2n) is 3.55. The number of anilines is 1. The first-order valence-electron chi connectivity index (χ1n) is 4.59. The molecule has 0 aliphatic rings. The van der Waals surface area contributed by atoms with Crippen molar-refractivity contribution in [1.29, 1.82) is 0 Å². The molecule has 0 radical (unpaired) electrons. The van der Waals surface area contributed by atoms with Crippen LogP contribution >= 0.6 is 0 Å². The maximum atomic E-state index is 9.10. The number of hydrogen-bond acceptors (Lipinski definition) is 2. The largest absolute Gasteiger partial charge is 0.392 e. The van der Waals surface area contributed by atoms with Gasteiger partial charge in [-0.2, -0.15) is 0 Å². The Kier molecular flexibility index (Phi) is 3.32. The van der Waals surface area contributed by atoms with E-state index >= 15 is 0 Å². The van der Waals surface area contributed by atoms with E-state index in [9.17, 15) is 0 Å². The molecule has 1 aromatic carbocycles. The summed E-state index contributed by atoms with van der Waals surface area (Å²) in [5.41, 5.74) is 3.59. The highest BCUT2D eigenvalue weighted by Gasteiger charge is 1.99. The Hall–Kier alpha value is -1.02. The summed E-state index contributed by atoms with van der Waals surface area (Å²) >= 11 is 0. The van der Waals surface area contributed by atoms with Crippen molar-refractivity contribution >= 4 is 5.69 Å². The first-order valence-corrected chi connectivity index (χ1v) is 4.59. The van der Waals surface area contributed by atoms with Gasteiger partial charge in [-0.25, -0.2) is 0 Å². The highest BCUT2D eigenvalue weighted by molar-refractivity contribution is 5.51. The monoisotopic (exact) mass is 179 g/mol. The van der Waals surface area contributed by atoms with E-state index in [2.05, 4.69) is 31.3 Å². The number of rotatable bonds is 3. The predicted octanol–water partition coefficient (Wildman–Crippen LogP) is 2.10. The van der Waals surface area contributed by atoms with Gasteiger partial charge in [0.25, 0.3) is 0 Å². The molecule has 2 N–H and O–H groups in total. The van der Waals surface area contributed by atoms with E-state index < -0.39 is 0 Å². The second kappa shape index (κ2) is 4.28. The van der Waals surface area contributed by atoms with Gasteiger partial charge < -0.3 is 10.4 Å². The first kappa shape index (κ1) is 10.1. The van der Waals surface area contributed by atoms with Gasteiger partial charge in [0.2, 0.25) is 0 Å². The fourth-order valence-corrected chi connectivity index (χ4v) is 1.27. The molecule has 0 aliphatic carbocycles. The van der Waals surface area contributed by atoms with Crippen molar-refractivity contribution in [2.24, 2.45) is 0 Å². The quantitative estimate of drug-likeness (QED) is 0.744. The molecule has 13 heavy (non-hydrogen) atoms. The van der Waals surface area contributed by atoms with Gasteiger partial charge in [-0.3, -0.25) is 0 Å². The maximum Gasteiger partial charge on any atom is 0.0684 e.